The molecule has 7 nitrogen and oxygen atoms in total. The number of rotatable bonds is 4. The molecular formula is C22H28N2O5. The van der Waals surface area contributed by atoms with Crippen LogP contribution in [-0.4, -0.2) is 36.5 Å². The molecular weight excluding hydrogens is 372 g/mol. The van der Waals surface area contributed by atoms with Crippen LogP contribution in [0.25, 0.3) is 11.3 Å². The number of carbonyl (C=O) groups excluding carboxylic acids is 1. The maximum Gasteiger partial charge on any atom is 0.344 e. The van der Waals surface area contributed by atoms with Crippen molar-refractivity contribution in [3.05, 3.63) is 45.7 Å². The smallest absolute Gasteiger partial charge is 0.344 e. The molecule has 1 aromatic carbocycles. The van der Waals surface area contributed by atoms with Crippen molar-refractivity contribution in [1.82, 2.24) is 4.68 Å². The monoisotopic (exact) mass is 400 g/mol. The van der Waals surface area contributed by atoms with E-state index in [0.29, 0.717) is 23.7 Å². The van der Waals surface area contributed by atoms with Crippen molar-refractivity contribution in [1.29, 1.82) is 0 Å². The average Bonchev–Trinajstić information content (AvgIpc) is 2.64. The molecule has 1 aliphatic rings. The van der Waals surface area contributed by atoms with Gasteiger partial charge in [-0.05, 0) is 52.3 Å². The van der Waals surface area contributed by atoms with Crippen molar-refractivity contribution < 1.29 is 19.0 Å². The first kappa shape index (κ1) is 20.8. The van der Waals surface area contributed by atoms with E-state index in [9.17, 15) is 9.59 Å². The molecule has 0 saturated heterocycles. The van der Waals surface area contributed by atoms with Gasteiger partial charge in [0.15, 0.2) is 16.9 Å². The summed E-state index contributed by atoms with van der Waals surface area (Å²) >= 11 is 0. The number of hydrogen-bond acceptors (Lipinski definition) is 6. The minimum Gasteiger partial charge on any atom is -0.493 e. The van der Waals surface area contributed by atoms with Gasteiger partial charge >= 0.3 is 5.97 Å². The van der Waals surface area contributed by atoms with Gasteiger partial charge in [-0.1, -0.05) is 0 Å². The summed E-state index contributed by atoms with van der Waals surface area (Å²) in [4.78, 5) is 25.4. The molecule has 3 rings (SSSR count). The van der Waals surface area contributed by atoms with Crippen molar-refractivity contribution >= 4 is 5.97 Å². The molecule has 0 N–H and O–H groups in total. The van der Waals surface area contributed by atoms with Crippen LogP contribution in [0, 0.1) is 0 Å². The molecule has 2 aromatic rings. The average molecular weight is 400 g/mol. The number of pyridine rings is 1. The molecule has 29 heavy (non-hydrogen) atoms. The summed E-state index contributed by atoms with van der Waals surface area (Å²) in [7, 11) is 3.17. The van der Waals surface area contributed by atoms with Crippen LogP contribution in [0.1, 0.15) is 50.5 Å². The maximum atomic E-state index is 12.8. The van der Waals surface area contributed by atoms with E-state index in [1.807, 2.05) is 16.8 Å². The Morgan fingerprint density at radius 3 is 2.24 bits per heavy atom. The fourth-order valence-electron chi connectivity index (χ4n) is 3.40. The highest BCUT2D eigenvalue weighted by Gasteiger charge is 2.28. The van der Waals surface area contributed by atoms with Gasteiger partial charge in [-0.3, -0.25) is 9.47 Å². The van der Waals surface area contributed by atoms with Gasteiger partial charge in [-0.2, -0.15) is 0 Å². The summed E-state index contributed by atoms with van der Waals surface area (Å²) in [5.74, 6) is 0.593. The van der Waals surface area contributed by atoms with Gasteiger partial charge in [0.1, 0.15) is 11.2 Å². The molecule has 0 saturated carbocycles. The van der Waals surface area contributed by atoms with Crippen molar-refractivity contribution in [3.8, 4) is 22.8 Å². The second-order valence-corrected chi connectivity index (χ2v) is 8.34. The molecule has 0 unspecified atom stereocenters. The number of benzene rings is 1. The third kappa shape index (κ3) is 3.95. The maximum absolute atomic E-state index is 12.8. The van der Waals surface area contributed by atoms with Crippen LogP contribution in [-0.2, 0) is 11.3 Å². The highest BCUT2D eigenvalue weighted by atomic mass is 16.6. The molecule has 0 radical (unpaired) electrons. The Balaban J connectivity index is 2.21. The molecule has 1 aromatic heterocycles. The number of aromatic nitrogens is 1. The largest absolute Gasteiger partial charge is 0.493 e. The summed E-state index contributed by atoms with van der Waals surface area (Å²) in [6, 6.07) is 5.41. The van der Waals surface area contributed by atoms with E-state index in [-0.39, 0.29) is 17.0 Å². The molecule has 0 aliphatic carbocycles. The number of carbonyl (C=O) groups is 1. The molecule has 0 amide bonds. The van der Waals surface area contributed by atoms with Crippen LogP contribution in [0.4, 0.5) is 0 Å². The quantitative estimate of drug-likeness (QED) is 0.733. The minimum absolute atomic E-state index is 0.0123. The van der Waals surface area contributed by atoms with Crippen LogP contribution in [0.15, 0.2) is 29.2 Å². The number of ether oxygens (including phenoxy) is 3. The second-order valence-electron chi connectivity index (χ2n) is 8.34. The molecule has 0 bridgehead atoms. The summed E-state index contributed by atoms with van der Waals surface area (Å²) in [6.07, 6.45) is 1.57. The summed E-state index contributed by atoms with van der Waals surface area (Å²) in [6.45, 7) is 10.0. The van der Waals surface area contributed by atoms with Crippen LogP contribution >= 0.6 is 0 Å². The minimum atomic E-state index is -0.682. The van der Waals surface area contributed by atoms with E-state index in [2.05, 4.69) is 18.9 Å². The predicted molar refractivity (Wildman–Crippen MR) is 111 cm³/mol. The molecule has 2 heterocycles. The fraction of sp³-hybridized carbons (Fsp3) is 0.455. The van der Waals surface area contributed by atoms with Crippen LogP contribution < -0.4 is 19.9 Å². The van der Waals surface area contributed by atoms with Crippen molar-refractivity contribution in [2.24, 2.45) is 0 Å². The summed E-state index contributed by atoms with van der Waals surface area (Å²) < 4.78 is 18.2. The lowest BCUT2D eigenvalue weighted by Gasteiger charge is -2.38. The van der Waals surface area contributed by atoms with Gasteiger partial charge in [-0.15, -0.1) is 0 Å². The molecule has 0 fully saturated rings. The highest BCUT2D eigenvalue weighted by Crippen LogP contribution is 2.38. The Labute approximate surface area is 170 Å². The third-order valence-corrected chi connectivity index (χ3v) is 4.74. The third-order valence-electron chi connectivity index (χ3n) is 4.74. The summed E-state index contributed by atoms with van der Waals surface area (Å²) in [5, 5.41) is 2.08. The lowest BCUT2D eigenvalue weighted by atomic mass is 9.99. The Morgan fingerprint density at radius 1 is 1.07 bits per heavy atom. The van der Waals surface area contributed by atoms with E-state index < -0.39 is 11.6 Å². The molecule has 7 heteroatoms. The standard InChI is InChI=1S/C22H28N2O5/c1-13(2)23-11-14-8-19(27-6)20(28-7)9-15(14)17-10-18(25)16(12-24(17)23)21(26)29-22(3,4)5/h8-10,12-13H,11H2,1-7H3. The van der Waals surface area contributed by atoms with E-state index in [4.69, 9.17) is 14.2 Å². The van der Waals surface area contributed by atoms with Crippen LogP contribution in [0.2, 0.25) is 0 Å². The number of hydrogen-bond donors (Lipinski definition) is 0. The lowest BCUT2D eigenvalue weighted by Crippen LogP contribution is -2.44. The van der Waals surface area contributed by atoms with Gasteiger partial charge in [-0.25, -0.2) is 4.79 Å². The Kier molecular flexibility index (Phi) is 5.34. The summed E-state index contributed by atoms with van der Waals surface area (Å²) in [5.41, 5.74) is 1.53. The Bertz CT molecular complexity index is 1000. The van der Waals surface area contributed by atoms with Gasteiger partial charge in [0, 0.05) is 23.9 Å². The number of fused-ring (bicyclic) bond motifs is 3. The second kappa shape index (κ2) is 7.46. The SMILES string of the molecule is COc1cc2c(cc1OC)-c1cc(=O)c(C(=O)OC(C)(C)C)cn1N(C(C)C)C2. The van der Waals surface area contributed by atoms with E-state index in [1.54, 1.807) is 41.2 Å². The molecule has 156 valence electrons. The van der Waals surface area contributed by atoms with Crippen LogP contribution in [0.5, 0.6) is 11.5 Å². The van der Waals surface area contributed by atoms with Gasteiger partial charge in [0.2, 0.25) is 0 Å². The zero-order chi connectivity index (χ0) is 21.5. The predicted octanol–water partition coefficient (Wildman–Crippen LogP) is 3.35. The Morgan fingerprint density at radius 2 is 1.69 bits per heavy atom. The number of methoxy groups -OCH3 is 2. The van der Waals surface area contributed by atoms with Crippen molar-refractivity contribution in [2.45, 2.75) is 52.8 Å². The number of esters is 1. The highest BCUT2D eigenvalue weighted by molar-refractivity contribution is 5.90. The molecule has 0 spiro atoms. The zero-order valence-corrected chi connectivity index (χ0v) is 18.0. The first-order valence-corrected chi connectivity index (χ1v) is 9.58. The van der Waals surface area contributed by atoms with Gasteiger partial charge < -0.3 is 19.2 Å². The Hall–Kier alpha value is -2.96. The zero-order valence-electron chi connectivity index (χ0n) is 18.0. The fourth-order valence-corrected chi connectivity index (χ4v) is 3.40. The first-order chi connectivity index (χ1) is 13.6. The van der Waals surface area contributed by atoms with E-state index in [0.717, 1.165) is 11.1 Å². The lowest BCUT2D eigenvalue weighted by molar-refractivity contribution is 0.00671. The van der Waals surface area contributed by atoms with Crippen molar-refractivity contribution in [3.63, 3.8) is 0 Å². The van der Waals surface area contributed by atoms with Crippen molar-refractivity contribution in [2.75, 3.05) is 19.2 Å². The number of nitrogens with zero attached hydrogens (tertiary/aromatic N) is 2. The first-order valence-electron chi connectivity index (χ1n) is 9.58. The van der Waals surface area contributed by atoms with Gasteiger partial charge in [0.05, 0.1) is 26.5 Å². The van der Waals surface area contributed by atoms with E-state index in [1.165, 1.54) is 6.07 Å². The van der Waals surface area contributed by atoms with Gasteiger partial charge in [0.25, 0.3) is 0 Å². The molecule has 0 atom stereocenters. The molecule has 1 aliphatic heterocycles. The normalized spacial score (nSPS) is 13.0. The van der Waals surface area contributed by atoms with E-state index >= 15 is 0 Å². The topological polar surface area (TPSA) is 70.0 Å². The van der Waals surface area contributed by atoms with Crippen LogP contribution in [0.3, 0.4) is 0 Å².